The molecule has 0 aromatic heterocycles. The molecule has 0 radical (unpaired) electrons. The number of nitrogens with one attached hydrogen (secondary N) is 1. The van der Waals surface area contributed by atoms with Gasteiger partial charge in [-0.1, -0.05) is 30.3 Å². The lowest BCUT2D eigenvalue weighted by Crippen LogP contribution is -2.42. The van der Waals surface area contributed by atoms with E-state index < -0.39 is 0 Å². The molecule has 0 aliphatic heterocycles. The monoisotopic (exact) mass is 264 g/mol. The van der Waals surface area contributed by atoms with Gasteiger partial charge in [-0.05, 0) is 30.4 Å². The standard InChI is InChI=1S/C14H20N2OS/c1-18-8-7-12(15)14(17)16-13-9-11(13)10-5-3-2-4-6-10/h2-6,11-13H,7-9,15H2,1H3,(H,16,17)/t11?,12-,13?/m1/s1. The van der Waals surface area contributed by atoms with Gasteiger partial charge in [0.1, 0.15) is 0 Å². The fourth-order valence-electron chi connectivity index (χ4n) is 2.09. The predicted octanol–water partition coefficient (Wildman–Crippen LogP) is 1.74. The van der Waals surface area contributed by atoms with E-state index in [4.69, 9.17) is 5.73 Å². The molecule has 0 heterocycles. The van der Waals surface area contributed by atoms with Gasteiger partial charge in [0.15, 0.2) is 0 Å². The Morgan fingerprint density at radius 2 is 2.22 bits per heavy atom. The molecule has 0 bridgehead atoms. The van der Waals surface area contributed by atoms with Gasteiger partial charge in [-0.25, -0.2) is 0 Å². The van der Waals surface area contributed by atoms with Crippen molar-refractivity contribution in [2.45, 2.75) is 30.8 Å². The second kappa shape index (κ2) is 6.25. The van der Waals surface area contributed by atoms with Crippen molar-refractivity contribution in [1.82, 2.24) is 5.32 Å². The summed E-state index contributed by atoms with van der Waals surface area (Å²) in [5.74, 6) is 1.40. The van der Waals surface area contributed by atoms with Crippen LogP contribution < -0.4 is 11.1 Å². The Balaban J connectivity index is 1.77. The highest BCUT2D eigenvalue weighted by atomic mass is 32.2. The summed E-state index contributed by atoms with van der Waals surface area (Å²) < 4.78 is 0. The van der Waals surface area contributed by atoms with Crippen molar-refractivity contribution in [1.29, 1.82) is 0 Å². The third-order valence-electron chi connectivity index (χ3n) is 3.32. The molecule has 18 heavy (non-hydrogen) atoms. The zero-order valence-electron chi connectivity index (χ0n) is 10.6. The summed E-state index contributed by atoms with van der Waals surface area (Å²) in [6, 6.07) is 10.2. The topological polar surface area (TPSA) is 55.1 Å². The van der Waals surface area contributed by atoms with Gasteiger partial charge in [-0.3, -0.25) is 4.79 Å². The molecule has 98 valence electrons. The van der Waals surface area contributed by atoms with Crippen molar-refractivity contribution >= 4 is 17.7 Å². The molecule has 1 aromatic carbocycles. The summed E-state index contributed by atoms with van der Waals surface area (Å²) in [4.78, 5) is 11.8. The van der Waals surface area contributed by atoms with Crippen LogP contribution in [-0.2, 0) is 4.79 Å². The van der Waals surface area contributed by atoms with Crippen LogP contribution in [0.1, 0.15) is 24.3 Å². The molecule has 3 N–H and O–H groups in total. The van der Waals surface area contributed by atoms with Crippen molar-refractivity contribution in [3.63, 3.8) is 0 Å². The van der Waals surface area contributed by atoms with E-state index in [9.17, 15) is 4.79 Å². The molecule has 1 amide bonds. The average molecular weight is 264 g/mol. The van der Waals surface area contributed by atoms with E-state index in [2.05, 4.69) is 17.4 Å². The summed E-state index contributed by atoms with van der Waals surface area (Å²) in [6.07, 6.45) is 3.80. The Labute approximate surface area is 113 Å². The lowest BCUT2D eigenvalue weighted by atomic mass is 10.1. The Hall–Kier alpha value is -1.00. The smallest absolute Gasteiger partial charge is 0.237 e. The SMILES string of the molecule is CSCC[C@@H](N)C(=O)NC1CC1c1ccccc1. The third-order valence-corrected chi connectivity index (χ3v) is 3.96. The average Bonchev–Trinajstić information content (AvgIpc) is 3.16. The molecule has 4 heteroatoms. The fourth-order valence-corrected chi connectivity index (χ4v) is 2.58. The van der Waals surface area contributed by atoms with Crippen molar-refractivity contribution in [3.05, 3.63) is 35.9 Å². The van der Waals surface area contributed by atoms with E-state index >= 15 is 0 Å². The minimum Gasteiger partial charge on any atom is -0.351 e. The Bertz CT molecular complexity index is 396. The van der Waals surface area contributed by atoms with Crippen molar-refractivity contribution < 1.29 is 4.79 Å². The highest BCUT2D eigenvalue weighted by Gasteiger charge is 2.39. The number of benzene rings is 1. The Morgan fingerprint density at radius 1 is 1.50 bits per heavy atom. The second-order valence-corrected chi connectivity index (χ2v) is 5.74. The maximum atomic E-state index is 11.8. The van der Waals surface area contributed by atoms with Gasteiger partial charge in [-0.2, -0.15) is 11.8 Å². The summed E-state index contributed by atoms with van der Waals surface area (Å²) >= 11 is 1.72. The molecule has 1 aliphatic rings. The largest absolute Gasteiger partial charge is 0.351 e. The first-order valence-corrected chi connectivity index (χ1v) is 7.71. The molecule has 0 spiro atoms. The van der Waals surface area contributed by atoms with Crippen LogP contribution in [0, 0.1) is 0 Å². The van der Waals surface area contributed by atoms with Crippen molar-refractivity contribution in [2.75, 3.05) is 12.0 Å². The van der Waals surface area contributed by atoms with Gasteiger partial charge >= 0.3 is 0 Å². The van der Waals surface area contributed by atoms with E-state index in [0.29, 0.717) is 5.92 Å². The normalized spacial score (nSPS) is 23.4. The lowest BCUT2D eigenvalue weighted by Gasteiger charge is -2.11. The van der Waals surface area contributed by atoms with Crippen LogP contribution in [0.4, 0.5) is 0 Å². The molecule has 1 saturated carbocycles. The van der Waals surface area contributed by atoms with Gasteiger partial charge in [0.05, 0.1) is 6.04 Å². The number of carbonyl (C=O) groups excluding carboxylic acids is 1. The van der Waals surface area contributed by atoms with Crippen LogP contribution in [0.2, 0.25) is 0 Å². The molecular formula is C14H20N2OS. The number of hydrogen-bond acceptors (Lipinski definition) is 3. The molecule has 1 aliphatic carbocycles. The number of nitrogens with two attached hydrogens (primary N) is 1. The highest BCUT2D eigenvalue weighted by molar-refractivity contribution is 7.98. The van der Waals surface area contributed by atoms with Gasteiger partial charge in [0.2, 0.25) is 5.91 Å². The van der Waals surface area contributed by atoms with Gasteiger partial charge < -0.3 is 11.1 Å². The molecular weight excluding hydrogens is 244 g/mol. The van der Waals surface area contributed by atoms with E-state index in [1.807, 2.05) is 24.5 Å². The van der Waals surface area contributed by atoms with E-state index in [0.717, 1.165) is 18.6 Å². The second-order valence-electron chi connectivity index (χ2n) is 4.76. The van der Waals surface area contributed by atoms with Gasteiger partial charge in [-0.15, -0.1) is 0 Å². The third kappa shape index (κ3) is 3.50. The zero-order chi connectivity index (χ0) is 13.0. The van der Waals surface area contributed by atoms with Crippen LogP contribution in [0.5, 0.6) is 0 Å². The Kier molecular flexibility index (Phi) is 4.66. The molecule has 2 rings (SSSR count). The van der Waals surface area contributed by atoms with Gasteiger partial charge in [0.25, 0.3) is 0 Å². The maximum Gasteiger partial charge on any atom is 0.237 e. The van der Waals surface area contributed by atoms with Crippen molar-refractivity contribution in [3.8, 4) is 0 Å². The van der Waals surface area contributed by atoms with E-state index in [-0.39, 0.29) is 18.0 Å². The summed E-state index contributed by atoms with van der Waals surface area (Å²) in [6.45, 7) is 0. The highest BCUT2D eigenvalue weighted by Crippen LogP contribution is 2.40. The van der Waals surface area contributed by atoms with E-state index in [1.54, 1.807) is 11.8 Å². The number of hydrogen-bond donors (Lipinski definition) is 2. The Morgan fingerprint density at radius 3 is 2.89 bits per heavy atom. The quantitative estimate of drug-likeness (QED) is 0.823. The van der Waals surface area contributed by atoms with Crippen LogP contribution in [-0.4, -0.2) is 30.0 Å². The number of amides is 1. The van der Waals surface area contributed by atoms with E-state index in [1.165, 1.54) is 5.56 Å². The first-order valence-electron chi connectivity index (χ1n) is 6.32. The lowest BCUT2D eigenvalue weighted by molar-refractivity contribution is -0.122. The number of carbonyl (C=O) groups is 1. The predicted molar refractivity (Wildman–Crippen MR) is 76.7 cm³/mol. The minimum absolute atomic E-state index is 0.00696. The van der Waals surface area contributed by atoms with Crippen molar-refractivity contribution in [2.24, 2.45) is 5.73 Å². The number of thioether (sulfide) groups is 1. The van der Waals surface area contributed by atoms with Crippen LogP contribution in [0.15, 0.2) is 30.3 Å². The first kappa shape index (κ1) is 13.4. The molecule has 3 nitrogen and oxygen atoms in total. The first-order chi connectivity index (χ1) is 8.72. The number of rotatable bonds is 6. The maximum absolute atomic E-state index is 11.8. The van der Waals surface area contributed by atoms with Crippen LogP contribution in [0.3, 0.4) is 0 Å². The summed E-state index contributed by atoms with van der Waals surface area (Å²) in [7, 11) is 0. The van der Waals surface area contributed by atoms with Gasteiger partial charge in [0, 0.05) is 12.0 Å². The molecule has 2 unspecified atom stereocenters. The zero-order valence-corrected chi connectivity index (χ0v) is 11.5. The summed E-state index contributed by atoms with van der Waals surface area (Å²) in [5, 5.41) is 3.04. The van der Waals surface area contributed by atoms with Crippen LogP contribution >= 0.6 is 11.8 Å². The molecule has 3 atom stereocenters. The molecule has 0 saturated heterocycles. The summed E-state index contributed by atoms with van der Waals surface area (Å²) in [5.41, 5.74) is 7.14. The molecule has 1 fully saturated rings. The minimum atomic E-state index is -0.366. The van der Waals surface area contributed by atoms with Crippen LogP contribution in [0.25, 0.3) is 0 Å². The molecule has 1 aromatic rings. The fraction of sp³-hybridized carbons (Fsp3) is 0.500.